The third-order valence-electron chi connectivity index (χ3n) is 1.96. The Bertz CT molecular complexity index is 94.1. The number of rotatable bonds is 5. The maximum absolute atomic E-state index is 8.62. The van der Waals surface area contributed by atoms with Crippen LogP contribution >= 0.6 is 0 Å². The van der Waals surface area contributed by atoms with Crippen molar-refractivity contribution in [2.24, 2.45) is 0 Å². The van der Waals surface area contributed by atoms with Gasteiger partial charge in [0.2, 0.25) is 0 Å². The summed E-state index contributed by atoms with van der Waals surface area (Å²) in [5.41, 5.74) is 0. The lowest BCUT2D eigenvalue weighted by molar-refractivity contribution is -0.0497. The molecule has 0 bridgehead atoms. The van der Waals surface area contributed by atoms with Gasteiger partial charge >= 0.3 is 0 Å². The largest absolute Gasteiger partial charge is 0.368 e. The van der Waals surface area contributed by atoms with Gasteiger partial charge in [0, 0.05) is 6.04 Å². The van der Waals surface area contributed by atoms with Crippen molar-refractivity contribution in [2.45, 2.75) is 38.5 Å². The minimum absolute atomic E-state index is 0.469. The standard InChI is InChI=1S/C8H19NO2/c1-4-7(9(2)3)5-6-8(10)11/h7-8,10-11H,4-6H2,1-3H3/t7-/m1/s1. The van der Waals surface area contributed by atoms with Crippen LogP contribution < -0.4 is 0 Å². The molecule has 3 nitrogen and oxygen atoms in total. The van der Waals surface area contributed by atoms with Crippen LogP contribution in [0.3, 0.4) is 0 Å². The molecule has 0 saturated carbocycles. The normalized spacial score (nSPS) is 14.5. The first-order valence-corrected chi connectivity index (χ1v) is 4.10. The zero-order chi connectivity index (χ0) is 8.85. The number of aliphatic hydroxyl groups is 2. The molecule has 0 amide bonds. The number of aliphatic hydroxyl groups excluding tert-OH is 1. The van der Waals surface area contributed by atoms with Gasteiger partial charge in [-0.2, -0.15) is 0 Å². The lowest BCUT2D eigenvalue weighted by Gasteiger charge is -2.22. The molecule has 0 aromatic carbocycles. The molecule has 0 aromatic rings. The Hall–Kier alpha value is -0.120. The van der Waals surface area contributed by atoms with Gasteiger partial charge in [-0.3, -0.25) is 0 Å². The monoisotopic (exact) mass is 161 g/mol. The number of hydrogen-bond donors (Lipinski definition) is 2. The molecule has 0 spiro atoms. The molecule has 0 radical (unpaired) electrons. The third-order valence-corrected chi connectivity index (χ3v) is 1.96. The summed E-state index contributed by atoms with van der Waals surface area (Å²) < 4.78 is 0. The molecule has 0 aromatic heterocycles. The fourth-order valence-corrected chi connectivity index (χ4v) is 1.17. The summed E-state index contributed by atoms with van der Waals surface area (Å²) in [6.07, 6.45) is 1.22. The van der Waals surface area contributed by atoms with Crippen LogP contribution in [-0.2, 0) is 0 Å². The van der Waals surface area contributed by atoms with E-state index in [0.29, 0.717) is 12.5 Å². The molecule has 0 aliphatic rings. The molecular weight excluding hydrogens is 142 g/mol. The minimum atomic E-state index is -1.15. The SMILES string of the molecule is CC[C@H](CCC(O)O)N(C)C. The smallest absolute Gasteiger partial charge is 0.151 e. The van der Waals surface area contributed by atoms with E-state index in [1.807, 2.05) is 14.1 Å². The third kappa shape index (κ3) is 5.18. The summed E-state index contributed by atoms with van der Waals surface area (Å²) in [6.45, 7) is 2.11. The highest BCUT2D eigenvalue weighted by molar-refractivity contribution is 4.63. The van der Waals surface area contributed by atoms with Gasteiger partial charge in [0.05, 0.1) is 0 Å². The molecule has 68 valence electrons. The van der Waals surface area contributed by atoms with Crippen molar-refractivity contribution in [1.29, 1.82) is 0 Å². The van der Waals surface area contributed by atoms with Crippen molar-refractivity contribution < 1.29 is 10.2 Å². The van der Waals surface area contributed by atoms with Crippen LogP contribution in [0.4, 0.5) is 0 Å². The van der Waals surface area contributed by atoms with Crippen molar-refractivity contribution in [3.63, 3.8) is 0 Å². The average molecular weight is 161 g/mol. The fourth-order valence-electron chi connectivity index (χ4n) is 1.17. The quantitative estimate of drug-likeness (QED) is 0.574. The van der Waals surface area contributed by atoms with Gasteiger partial charge in [-0.05, 0) is 33.4 Å². The van der Waals surface area contributed by atoms with Crippen LogP contribution in [0.25, 0.3) is 0 Å². The molecule has 0 fully saturated rings. The van der Waals surface area contributed by atoms with Crippen molar-refractivity contribution in [3.8, 4) is 0 Å². The Morgan fingerprint density at radius 1 is 1.18 bits per heavy atom. The zero-order valence-corrected chi connectivity index (χ0v) is 7.62. The van der Waals surface area contributed by atoms with Crippen molar-refractivity contribution >= 4 is 0 Å². The highest BCUT2D eigenvalue weighted by atomic mass is 16.5. The van der Waals surface area contributed by atoms with E-state index in [4.69, 9.17) is 10.2 Å². The molecule has 1 atom stereocenters. The predicted octanol–water partition coefficient (Wildman–Crippen LogP) is 0.418. The molecule has 0 rings (SSSR count). The van der Waals surface area contributed by atoms with E-state index in [1.54, 1.807) is 0 Å². The summed E-state index contributed by atoms with van der Waals surface area (Å²) in [4.78, 5) is 2.11. The topological polar surface area (TPSA) is 43.7 Å². The summed E-state index contributed by atoms with van der Waals surface area (Å²) in [5.74, 6) is 0. The van der Waals surface area contributed by atoms with Gasteiger partial charge in [-0.15, -0.1) is 0 Å². The Labute approximate surface area is 68.6 Å². The van der Waals surface area contributed by atoms with Gasteiger partial charge in [-0.1, -0.05) is 6.92 Å². The van der Waals surface area contributed by atoms with Crippen LogP contribution in [-0.4, -0.2) is 41.5 Å². The molecule has 3 heteroatoms. The van der Waals surface area contributed by atoms with Gasteiger partial charge < -0.3 is 15.1 Å². The van der Waals surface area contributed by atoms with E-state index in [0.717, 1.165) is 12.8 Å². The first-order valence-electron chi connectivity index (χ1n) is 4.10. The van der Waals surface area contributed by atoms with Crippen molar-refractivity contribution in [1.82, 2.24) is 4.90 Å². The molecule has 0 heterocycles. The van der Waals surface area contributed by atoms with Gasteiger partial charge in [0.1, 0.15) is 0 Å². The van der Waals surface area contributed by atoms with E-state index in [1.165, 1.54) is 0 Å². The summed E-state index contributed by atoms with van der Waals surface area (Å²) in [7, 11) is 4.02. The van der Waals surface area contributed by atoms with E-state index < -0.39 is 6.29 Å². The summed E-state index contributed by atoms with van der Waals surface area (Å²) in [6, 6.07) is 0.469. The zero-order valence-electron chi connectivity index (χ0n) is 7.62. The lowest BCUT2D eigenvalue weighted by Crippen LogP contribution is -2.28. The van der Waals surface area contributed by atoms with E-state index in [2.05, 4.69) is 11.8 Å². The highest BCUT2D eigenvalue weighted by Gasteiger charge is 2.09. The van der Waals surface area contributed by atoms with Crippen LogP contribution in [0.5, 0.6) is 0 Å². The highest BCUT2D eigenvalue weighted by Crippen LogP contribution is 2.08. The molecule has 2 N–H and O–H groups in total. The average Bonchev–Trinajstić information content (AvgIpc) is 1.87. The van der Waals surface area contributed by atoms with Crippen LogP contribution in [0.1, 0.15) is 26.2 Å². The van der Waals surface area contributed by atoms with E-state index in [9.17, 15) is 0 Å². The summed E-state index contributed by atoms with van der Waals surface area (Å²) >= 11 is 0. The van der Waals surface area contributed by atoms with Crippen LogP contribution in [0, 0.1) is 0 Å². The maximum atomic E-state index is 8.62. The molecule has 0 unspecified atom stereocenters. The van der Waals surface area contributed by atoms with Gasteiger partial charge in [0.25, 0.3) is 0 Å². The number of nitrogens with zero attached hydrogens (tertiary/aromatic N) is 1. The lowest BCUT2D eigenvalue weighted by atomic mass is 10.1. The second kappa shape index (κ2) is 5.52. The molecule has 0 saturated heterocycles. The molecule has 0 aliphatic carbocycles. The molecule has 11 heavy (non-hydrogen) atoms. The van der Waals surface area contributed by atoms with E-state index >= 15 is 0 Å². The molecular formula is C8H19NO2. The minimum Gasteiger partial charge on any atom is -0.368 e. The van der Waals surface area contributed by atoms with Crippen LogP contribution in [0.15, 0.2) is 0 Å². The maximum Gasteiger partial charge on any atom is 0.151 e. The fraction of sp³-hybridized carbons (Fsp3) is 1.00. The Balaban J connectivity index is 3.52. The second-order valence-corrected chi connectivity index (χ2v) is 3.08. The number of hydrogen-bond acceptors (Lipinski definition) is 3. The van der Waals surface area contributed by atoms with Crippen molar-refractivity contribution in [3.05, 3.63) is 0 Å². The first kappa shape index (κ1) is 10.9. The Morgan fingerprint density at radius 3 is 2.00 bits per heavy atom. The van der Waals surface area contributed by atoms with Crippen molar-refractivity contribution in [2.75, 3.05) is 14.1 Å². The van der Waals surface area contributed by atoms with Gasteiger partial charge in [-0.25, -0.2) is 0 Å². The Morgan fingerprint density at radius 2 is 1.73 bits per heavy atom. The Kier molecular flexibility index (Phi) is 5.46. The first-order chi connectivity index (χ1) is 5.07. The van der Waals surface area contributed by atoms with Crippen LogP contribution in [0.2, 0.25) is 0 Å². The summed E-state index contributed by atoms with van der Waals surface area (Å²) in [5, 5.41) is 17.2. The molecule has 0 aliphatic heterocycles. The predicted molar refractivity (Wildman–Crippen MR) is 45.2 cm³/mol. The second-order valence-electron chi connectivity index (χ2n) is 3.08. The van der Waals surface area contributed by atoms with Gasteiger partial charge in [0.15, 0.2) is 6.29 Å². The van der Waals surface area contributed by atoms with E-state index in [-0.39, 0.29) is 0 Å².